The van der Waals surface area contributed by atoms with Gasteiger partial charge in [-0.15, -0.1) is 0 Å². The zero-order valence-electron chi connectivity index (χ0n) is 12.5. The van der Waals surface area contributed by atoms with Crippen molar-refractivity contribution in [2.75, 3.05) is 19.6 Å². The van der Waals surface area contributed by atoms with Crippen molar-refractivity contribution in [3.8, 4) is 0 Å². The van der Waals surface area contributed by atoms with E-state index in [-0.39, 0.29) is 0 Å². The summed E-state index contributed by atoms with van der Waals surface area (Å²) >= 11 is 0. The second-order valence-electron chi connectivity index (χ2n) is 4.86. The summed E-state index contributed by atoms with van der Waals surface area (Å²) in [5.74, 6) is 0. The highest BCUT2D eigenvalue weighted by atomic mass is 15.3. The summed E-state index contributed by atoms with van der Waals surface area (Å²) in [7, 11) is 0. The number of hydrogen-bond donors (Lipinski definition) is 1. The monoisotopic (exact) mass is 252 g/mol. The van der Waals surface area contributed by atoms with Gasteiger partial charge in [-0.3, -0.25) is 4.68 Å². The molecule has 0 amide bonds. The van der Waals surface area contributed by atoms with Gasteiger partial charge in [-0.2, -0.15) is 5.10 Å². The predicted octanol–water partition coefficient (Wildman–Crippen LogP) is 2.03. The van der Waals surface area contributed by atoms with E-state index in [2.05, 4.69) is 60.7 Å². The number of hydrogen-bond acceptors (Lipinski definition) is 3. The van der Waals surface area contributed by atoms with Crippen LogP contribution >= 0.6 is 0 Å². The Morgan fingerprint density at radius 3 is 2.56 bits per heavy atom. The third-order valence-corrected chi connectivity index (χ3v) is 3.34. The fraction of sp³-hybridized carbons (Fsp3) is 0.786. The molecular formula is C14H28N4. The Bertz CT molecular complexity index is 342. The maximum absolute atomic E-state index is 4.47. The third kappa shape index (κ3) is 4.42. The minimum atomic E-state index is 0.505. The molecule has 0 spiro atoms. The van der Waals surface area contributed by atoms with Gasteiger partial charge in [0, 0.05) is 25.7 Å². The molecule has 1 heterocycles. The minimum Gasteiger partial charge on any atom is -0.307 e. The van der Waals surface area contributed by atoms with Gasteiger partial charge >= 0.3 is 0 Å². The van der Waals surface area contributed by atoms with Crippen LogP contribution in [0.3, 0.4) is 0 Å². The summed E-state index contributed by atoms with van der Waals surface area (Å²) in [6.07, 6.45) is 0. The van der Waals surface area contributed by atoms with E-state index >= 15 is 0 Å². The van der Waals surface area contributed by atoms with Crippen LogP contribution < -0.4 is 5.32 Å². The first-order valence-electron chi connectivity index (χ1n) is 7.09. The first kappa shape index (κ1) is 15.2. The molecule has 0 aliphatic carbocycles. The molecule has 1 unspecified atom stereocenters. The van der Waals surface area contributed by atoms with Crippen LogP contribution in [0.25, 0.3) is 0 Å². The highest BCUT2D eigenvalue weighted by Gasteiger charge is 2.09. The van der Waals surface area contributed by atoms with Crippen LogP contribution in [0.15, 0.2) is 6.07 Å². The Balaban J connectivity index is 2.44. The molecule has 0 aromatic carbocycles. The van der Waals surface area contributed by atoms with Gasteiger partial charge in [0.2, 0.25) is 0 Å². The average molecular weight is 252 g/mol. The van der Waals surface area contributed by atoms with Gasteiger partial charge in [0.1, 0.15) is 0 Å². The number of nitrogens with one attached hydrogen (secondary N) is 1. The molecule has 1 aromatic rings. The molecule has 4 nitrogen and oxygen atoms in total. The number of nitrogens with zero attached hydrogens (tertiary/aromatic N) is 3. The summed E-state index contributed by atoms with van der Waals surface area (Å²) in [6, 6.07) is 2.67. The van der Waals surface area contributed by atoms with Gasteiger partial charge in [0.05, 0.1) is 11.4 Å². The topological polar surface area (TPSA) is 33.1 Å². The lowest BCUT2D eigenvalue weighted by atomic mass is 10.2. The second-order valence-corrected chi connectivity index (χ2v) is 4.86. The summed E-state index contributed by atoms with van der Waals surface area (Å²) < 4.78 is 2.08. The average Bonchev–Trinajstić information content (AvgIpc) is 2.73. The summed E-state index contributed by atoms with van der Waals surface area (Å²) in [4.78, 5) is 2.44. The van der Waals surface area contributed by atoms with Crippen LogP contribution in [0.4, 0.5) is 0 Å². The fourth-order valence-electron chi connectivity index (χ4n) is 2.23. The Morgan fingerprint density at radius 2 is 2.00 bits per heavy atom. The molecular weight excluding hydrogens is 224 g/mol. The SMILES string of the molecule is CCN(CC)CC(C)NCc1cc(C)nn1CC. The molecule has 1 aromatic heterocycles. The first-order chi connectivity index (χ1) is 8.60. The van der Waals surface area contributed by atoms with Crippen molar-refractivity contribution in [1.29, 1.82) is 0 Å². The molecule has 1 rings (SSSR count). The lowest BCUT2D eigenvalue weighted by Gasteiger charge is -2.23. The van der Waals surface area contributed by atoms with E-state index in [1.165, 1.54) is 5.69 Å². The smallest absolute Gasteiger partial charge is 0.0597 e. The van der Waals surface area contributed by atoms with Crippen LogP contribution in [0, 0.1) is 6.92 Å². The highest BCUT2D eigenvalue weighted by Crippen LogP contribution is 2.04. The zero-order chi connectivity index (χ0) is 13.5. The molecule has 1 atom stereocenters. The number of rotatable bonds is 8. The zero-order valence-corrected chi connectivity index (χ0v) is 12.5. The minimum absolute atomic E-state index is 0.505. The van der Waals surface area contributed by atoms with Gasteiger partial charge in [-0.05, 0) is 39.9 Å². The number of aryl methyl sites for hydroxylation is 2. The van der Waals surface area contributed by atoms with Gasteiger partial charge in [-0.1, -0.05) is 13.8 Å². The Kier molecular flexibility index (Phi) is 6.36. The van der Waals surface area contributed by atoms with Crippen molar-refractivity contribution in [2.45, 2.75) is 53.8 Å². The van der Waals surface area contributed by atoms with E-state index in [0.717, 1.165) is 38.4 Å². The standard InChI is InChI=1S/C14H28N4/c1-6-17(7-2)11-13(5)15-10-14-9-12(4)16-18(14)8-3/h9,13,15H,6-8,10-11H2,1-5H3. The quantitative estimate of drug-likeness (QED) is 0.768. The summed E-state index contributed by atoms with van der Waals surface area (Å²) in [5.41, 5.74) is 2.38. The van der Waals surface area contributed by atoms with E-state index in [1.807, 2.05) is 0 Å². The van der Waals surface area contributed by atoms with Crippen molar-refractivity contribution in [3.05, 3.63) is 17.5 Å². The molecule has 18 heavy (non-hydrogen) atoms. The molecule has 0 saturated heterocycles. The van der Waals surface area contributed by atoms with Crippen molar-refractivity contribution in [2.24, 2.45) is 0 Å². The van der Waals surface area contributed by atoms with Crippen molar-refractivity contribution < 1.29 is 0 Å². The van der Waals surface area contributed by atoms with Crippen LogP contribution in [-0.4, -0.2) is 40.4 Å². The molecule has 4 heteroatoms. The molecule has 0 bridgehead atoms. The van der Waals surface area contributed by atoms with Crippen LogP contribution in [0.5, 0.6) is 0 Å². The molecule has 0 radical (unpaired) electrons. The van der Waals surface area contributed by atoms with E-state index in [4.69, 9.17) is 0 Å². The second kappa shape index (κ2) is 7.54. The van der Waals surface area contributed by atoms with Crippen molar-refractivity contribution in [1.82, 2.24) is 20.0 Å². The number of likely N-dealkylation sites (N-methyl/N-ethyl adjacent to an activating group) is 1. The van der Waals surface area contributed by atoms with Gasteiger partial charge in [0.25, 0.3) is 0 Å². The van der Waals surface area contributed by atoms with Crippen LogP contribution in [0.1, 0.15) is 39.1 Å². The summed E-state index contributed by atoms with van der Waals surface area (Å²) in [6.45, 7) is 16.0. The van der Waals surface area contributed by atoms with Crippen molar-refractivity contribution in [3.63, 3.8) is 0 Å². The largest absolute Gasteiger partial charge is 0.307 e. The fourth-order valence-corrected chi connectivity index (χ4v) is 2.23. The van der Waals surface area contributed by atoms with Gasteiger partial charge in [0.15, 0.2) is 0 Å². The van der Waals surface area contributed by atoms with E-state index in [0.29, 0.717) is 6.04 Å². The molecule has 104 valence electrons. The normalized spacial score (nSPS) is 13.2. The van der Waals surface area contributed by atoms with Crippen molar-refractivity contribution >= 4 is 0 Å². The first-order valence-corrected chi connectivity index (χ1v) is 7.09. The molecule has 0 fully saturated rings. The summed E-state index contributed by atoms with van der Waals surface area (Å²) in [5, 5.41) is 8.05. The van der Waals surface area contributed by atoms with Gasteiger partial charge in [-0.25, -0.2) is 0 Å². The van der Waals surface area contributed by atoms with E-state index in [1.54, 1.807) is 0 Å². The van der Waals surface area contributed by atoms with E-state index in [9.17, 15) is 0 Å². The van der Waals surface area contributed by atoms with E-state index < -0.39 is 0 Å². The molecule has 0 aliphatic heterocycles. The number of aromatic nitrogens is 2. The Hall–Kier alpha value is -0.870. The predicted molar refractivity (Wildman–Crippen MR) is 76.7 cm³/mol. The maximum atomic E-state index is 4.47. The Morgan fingerprint density at radius 1 is 1.33 bits per heavy atom. The highest BCUT2D eigenvalue weighted by molar-refractivity contribution is 5.08. The van der Waals surface area contributed by atoms with Gasteiger partial charge < -0.3 is 10.2 Å². The lowest BCUT2D eigenvalue weighted by molar-refractivity contribution is 0.270. The molecule has 1 N–H and O–H groups in total. The molecule has 0 saturated carbocycles. The maximum Gasteiger partial charge on any atom is 0.0597 e. The third-order valence-electron chi connectivity index (χ3n) is 3.34. The Labute approximate surface area is 111 Å². The molecule has 0 aliphatic rings. The van der Waals surface area contributed by atoms with Crippen LogP contribution in [0.2, 0.25) is 0 Å². The lowest BCUT2D eigenvalue weighted by Crippen LogP contribution is -2.39. The van der Waals surface area contributed by atoms with Crippen LogP contribution in [-0.2, 0) is 13.1 Å².